The average molecular weight is 260 g/mol. The Morgan fingerprint density at radius 3 is 2.79 bits per heavy atom. The summed E-state index contributed by atoms with van der Waals surface area (Å²) in [6, 6.07) is 1.50. The molecule has 0 saturated carbocycles. The van der Waals surface area contributed by atoms with E-state index in [1.807, 2.05) is 0 Å². The fraction of sp³-hybridized carbons (Fsp3) is 0.333. The van der Waals surface area contributed by atoms with Crippen LogP contribution in [0.15, 0.2) is 18.5 Å². The summed E-state index contributed by atoms with van der Waals surface area (Å²) in [7, 11) is 0. The normalized spacial score (nSPS) is 14.8. The van der Waals surface area contributed by atoms with Crippen LogP contribution in [0.25, 0.3) is 0 Å². The third-order valence-electron chi connectivity index (χ3n) is 1.78. The van der Waals surface area contributed by atoms with Gasteiger partial charge in [0, 0.05) is 28.9 Å². The summed E-state index contributed by atoms with van der Waals surface area (Å²) in [4.78, 5) is 14.2. The van der Waals surface area contributed by atoms with E-state index in [1.165, 1.54) is 18.5 Å². The van der Waals surface area contributed by atoms with Crippen LogP contribution in [0, 0.1) is 0 Å². The van der Waals surface area contributed by atoms with Crippen molar-refractivity contribution < 1.29 is 15.0 Å². The Labute approximate surface area is 89.7 Å². The summed E-state index contributed by atoms with van der Waals surface area (Å²) < 4.78 is 0. The van der Waals surface area contributed by atoms with E-state index in [4.69, 9.17) is 0 Å². The molecular formula is C9H10BrNO3. The first-order valence-corrected chi connectivity index (χ1v) is 5.13. The van der Waals surface area contributed by atoms with E-state index in [2.05, 4.69) is 20.9 Å². The standard InChI is InChI=1S/C9H10BrNO3/c10-2-8(13)9(14)7-1-6(5-12)3-11-4-7/h1,3-5,8-9,13-14H,2H2. The number of aromatic nitrogens is 1. The molecule has 14 heavy (non-hydrogen) atoms. The summed E-state index contributed by atoms with van der Waals surface area (Å²) in [5.41, 5.74) is 0.810. The zero-order valence-electron chi connectivity index (χ0n) is 7.30. The third kappa shape index (κ3) is 2.60. The molecule has 2 unspecified atom stereocenters. The Morgan fingerprint density at radius 2 is 2.21 bits per heavy atom. The molecular weight excluding hydrogens is 250 g/mol. The number of rotatable bonds is 4. The second kappa shape index (κ2) is 5.19. The number of aliphatic hydroxyl groups is 2. The summed E-state index contributed by atoms with van der Waals surface area (Å²) in [5, 5.41) is 19.2. The van der Waals surface area contributed by atoms with Gasteiger partial charge in [-0.3, -0.25) is 9.78 Å². The lowest BCUT2D eigenvalue weighted by molar-refractivity contribution is 0.0340. The molecule has 5 heteroatoms. The van der Waals surface area contributed by atoms with E-state index in [-0.39, 0.29) is 5.33 Å². The highest BCUT2D eigenvalue weighted by molar-refractivity contribution is 9.09. The number of halogens is 1. The van der Waals surface area contributed by atoms with Gasteiger partial charge in [0.1, 0.15) is 6.10 Å². The van der Waals surface area contributed by atoms with Gasteiger partial charge >= 0.3 is 0 Å². The van der Waals surface area contributed by atoms with Crippen LogP contribution in [0.1, 0.15) is 22.0 Å². The third-order valence-corrected chi connectivity index (χ3v) is 2.44. The van der Waals surface area contributed by atoms with Gasteiger partial charge in [0.05, 0.1) is 6.10 Å². The van der Waals surface area contributed by atoms with Crippen molar-refractivity contribution in [3.8, 4) is 0 Å². The van der Waals surface area contributed by atoms with Gasteiger partial charge in [0.25, 0.3) is 0 Å². The zero-order chi connectivity index (χ0) is 10.6. The second-order valence-electron chi connectivity index (χ2n) is 2.84. The highest BCUT2D eigenvalue weighted by Crippen LogP contribution is 2.17. The maximum Gasteiger partial charge on any atom is 0.151 e. The van der Waals surface area contributed by atoms with Crippen LogP contribution in [0.2, 0.25) is 0 Å². The Bertz CT molecular complexity index is 319. The van der Waals surface area contributed by atoms with Crippen LogP contribution in [0.4, 0.5) is 0 Å². The minimum absolute atomic E-state index is 0.263. The molecule has 76 valence electrons. The molecule has 1 rings (SSSR count). The molecule has 0 amide bonds. The fourth-order valence-corrected chi connectivity index (χ4v) is 1.36. The number of pyridine rings is 1. The summed E-state index contributed by atoms with van der Waals surface area (Å²) in [6.45, 7) is 0. The SMILES string of the molecule is O=Cc1cncc(C(O)C(O)CBr)c1. The maximum atomic E-state index is 10.4. The molecule has 0 spiro atoms. The number of aldehydes is 1. The molecule has 0 aliphatic carbocycles. The molecule has 0 aliphatic heterocycles. The molecule has 0 aliphatic rings. The molecule has 4 nitrogen and oxygen atoms in total. The Balaban J connectivity index is 2.89. The molecule has 2 atom stereocenters. The van der Waals surface area contributed by atoms with Crippen molar-refractivity contribution in [3.05, 3.63) is 29.6 Å². The minimum atomic E-state index is -1.03. The first-order valence-electron chi connectivity index (χ1n) is 4.01. The molecule has 0 radical (unpaired) electrons. The lowest BCUT2D eigenvalue weighted by Crippen LogP contribution is -2.19. The van der Waals surface area contributed by atoms with Crippen molar-refractivity contribution in [2.24, 2.45) is 0 Å². The highest BCUT2D eigenvalue weighted by atomic mass is 79.9. The molecule has 0 bridgehead atoms. The predicted octanol–water partition coefficient (Wildman–Crippen LogP) is 0.683. The molecule has 1 heterocycles. The van der Waals surface area contributed by atoms with E-state index < -0.39 is 12.2 Å². The lowest BCUT2D eigenvalue weighted by atomic mass is 10.1. The molecule has 0 saturated heterocycles. The largest absolute Gasteiger partial charge is 0.389 e. The molecule has 2 N–H and O–H groups in total. The van der Waals surface area contributed by atoms with Crippen LogP contribution >= 0.6 is 15.9 Å². The van der Waals surface area contributed by atoms with Crippen molar-refractivity contribution in [1.29, 1.82) is 0 Å². The van der Waals surface area contributed by atoms with Gasteiger partial charge in [-0.15, -0.1) is 0 Å². The van der Waals surface area contributed by atoms with Crippen LogP contribution in [0.5, 0.6) is 0 Å². The van der Waals surface area contributed by atoms with Crippen LogP contribution < -0.4 is 0 Å². The molecule has 0 fully saturated rings. The van der Waals surface area contributed by atoms with E-state index in [0.717, 1.165) is 0 Å². The van der Waals surface area contributed by atoms with Gasteiger partial charge in [0.15, 0.2) is 6.29 Å². The van der Waals surface area contributed by atoms with E-state index in [0.29, 0.717) is 17.4 Å². The first kappa shape index (κ1) is 11.3. The van der Waals surface area contributed by atoms with Gasteiger partial charge < -0.3 is 10.2 Å². The maximum absolute atomic E-state index is 10.4. The van der Waals surface area contributed by atoms with Gasteiger partial charge in [-0.1, -0.05) is 15.9 Å². The van der Waals surface area contributed by atoms with Crippen LogP contribution in [0.3, 0.4) is 0 Å². The van der Waals surface area contributed by atoms with Gasteiger partial charge in [-0.2, -0.15) is 0 Å². The Kier molecular flexibility index (Phi) is 4.19. The number of carbonyl (C=O) groups excluding carboxylic acids is 1. The predicted molar refractivity (Wildman–Crippen MR) is 54.4 cm³/mol. The van der Waals surface area contributed by atoms with Crippen LogP contribution in [-0.2, 0) is 0 Å². The first-order chi connectivity index (χ1) is 6.69. The van der Waals surface area contributed by atoms with Gasteiger partial charge in [-0.25, -0.2) is 0 Å². The van der Waals surface area contributed by atoms with E-state index in [1.54, 1.807) is 0 Å². The summed E-state index contributed by atoms with van der Waals surface area (Å²) in [6.07, 6.45) is 1.53. The van der Waals surface area contributed by atoms with Gasteiger partial charge in [0.2, 0.25) is 0 Å². The number of alkyl halides is 1. The molecule has 1 aromatic heterocycles. The average Bonchev–Trinajstić information content (AvgIpc) is 2.27. The molecule has 1 aromatic rings. The Hall–Kier alpha value is -0.780. The number of aliphatic hydroxyl groups excluding tert-OH is 2. The van der Waals surface area contributed by atoms with Crippen molar-refractivity contribution in [3.63, 3.8) is 0 Å². The minimum Gasteiger partial charge on any atom is -0.389 e. The van der Waals surface area contributed by atoms with Crippen molar-refractivity contribution in [1.82, 2.24) is 4.98 Å². The quantitative estimate of drug-likeness (QED) is 0.617. The Morgan fingerprint density at radius 1 is 1.50 bits per heavy atom. The lowest BCUT2D eigenvalue weighted by Gasteiger charge is -2.15. The fourth-order valence-electron chi connectivity index (χ4n) is 1.01. The summed E-state index contributed by atoms with van der Waals surface area (Å²) in [5.74, 6) is 0. The highest BCUT2D eigenvalue weighted by Gasteiger charge is 2.17. The number of carbonyl (C=O) groups is 1. The van der Waals surface area contributed by atoms with Crippen molar-refractivity contribution in [2.45, 2.75) is 12.2 Å². The van der Waals surface area contributed by atoms with Crippen molar-refractivity contribution in [2.75, 3.05) is 5.33 Å². The number of hydrogen-bond acceptors (Lipinski definition) is 4. The number of nitrogens with zero attached hydrogens (tertiary/aromatic N) is 1. The second-order valence-corrected chi connectivity index (χ2v) is 3.48. The van der Waals surface area contributed by atoms with E-state index in [9.17, 15) is 15.0 Å². The zero-order valence-corrected chi connectivity index (χ0v) is 8.89. The molecule has 0 aromatic carbocycles. The summed E-state index contributed by atoms with van der Waals surface area (Å²) >= 11 is 3.05. The van der Waals surface area contributed by atoms with Crippen molar-refractivity contribution >= 4 is 22.2 Å². The van der Waals surface area contributed by atoms with Gasteiger partial charge in [-0.05, 0) is 6.07 Å². The van der Waals surface area contributed by atoms with Crippen LogP contribution in [-0.4, -0.2) is 32.9 Å². The topological polar surface area (TPSA) is 70.4 Å². The monoisotopic (exact) mass is 259 g/mol. The van der Waals surface area contributed by atoms with E-state index >= 15 is 0 Å². The number of hydrogen-bond donors (Lipinski definition) is 2. The smallest absolute Gasteiger partial charge is 0.151 e.